The summed E-state index contributed by atoms with van der Waals surface area (Å²) in [6.07, 6.45) is 2.43. The molecule has 0 aliphatic carbocycles. The summed E-state index contributed by atoms with van der Waals surface area (Å²) in [4.78, 5) is 20.4. The fourth-order valence-corrected chi connectivity index (χ4v) is 3.25. The first-order valence-electron chi connectivity index (χ1n) is 7.89. The van der Waals surface area contributed by atoms with Gasteiger partial charge in [-0.2, -0.15) is 5.26 Å². The van der Waals surface area contributed by atoms with Crippen LogP contribution >= 0.6 is 0 Å². The molecule has 1 amide bonds. The number of hydrogen-bond donors (Lipinski definition) is 0. The highest BCUT2D eigenvalue weighted by atomic mass is 16.6. The molecule has 2 fully saturated rings. The number of aromatic nitrogens is 1. The van der Waals surface area contributed by atoms with Crippen LogP contribution in [0.1, 0.15) is 32.8 Å². The maximum absolute atomic E-state index is 12.1. The van der Waals surface area contributed by atoms with E-state index >= 15 is 0 Å². The average molecular weight is 314 g/mol. The van der Waals surface area contributed by atoms with E-state index in [1.165, 1.54) is 0 Å². The van der Waals surface area contributed by atoms with Gasteiger partial charge < -0.3 is 14.5 Å². The number of ether oxygens (including phenoxy) is 1. The van der Waals surface area contributed by atoms with Gasteiger partial charge in [0.05, 0.1) is 5.56 Å². The third kappa shape index (κ3) is 3.24. The fourth-order valence-electron chi connectivity index (χ4n) is 3.25. The van der Waals surface area contributed by atoms with Crippen molar-refractivity contribution in [1.82, 2.24) is 9.88 Å². The highest BCUT2D eigenvalue weighted by Gasteiger charge is 2.50. The second-order valence-electron chi connectivity index (χ2n) is 7.52. The summed E-state index contributed by atoms with van der Waals surface area (Å²) in [5, 5.41) is 8.83. The van der Waals surface area contributed by atoms with Gasteiger partial charge in [-0.25, -0.2) is 9.78 Å². The number of hydrogen-bond acceptors (Lipinski definition) is 5. The Morgan fingerprint density at radius 3 is 2.65 bits per heavy atom. The molecule has 23 heavy (non-hydrogen) atoms. The minimum Gasteiger partial charge on any atom is -0.444 e. The Labute approximate surface area is 136 Å². The normalized spacial score (nSPS) is 19.4. The van der Waals surface area contributed by atoms with Crippen molar-refractivity contribution in [2.24, 2.45) is 5.41 Å². The van der Waals surface area contributed by atoms with E-state index in [1.807, 2.05) is 26.8 Å². The lowest BCUT2D eigenvalue weighted by atomic mass is 9.79. The Balaban J connectivity index is 1.57. The Kier molecular flexibility index (Phi) is 3.67. The predicted octanol–water partition coefficient (Wildman–Crippen LogP) is 2.40. The summed E-state index contributed by atoms with van der Waals surface area (Å²) in [5.41, 5.74) is 0.280. The Morgan fingerprint density at radius 1 is 1.35 bits per heavy atom. The van der Waals surface area contributed by atoms with Crippen molar-refractivity contribution in [2.75, 3.05) is 31.1 Å². The van der Waals surface area contributed by atoms with Crippen molar-refractivity contribution in [1.29, 1.82) is 5.26 Å². The van der Waals surface area contributed by atoms with E-state index in [-0.39, 0.29) is 11.5 Å². The molecule has 2 aliphatic rings. The fraction of sp³-hybridized carbons (Fsp3) is 0.588. The van der Waals surface area contributed by atoms with E-state index in [4.69, 9.17) is 10.00 Å². The lowest BCUT2D eigenvalue weighted by Gasteiger charge is -2.47. The van der Waals surface area contributed by atoms with Crippen LogP contribution < -0.4 is 4.90 Å². The third-order valence-corrected chi connectivity index (χ3v) is 4.34. The molecule has 1 spiro atoms. The quantitative estimate of drug-likeness (QED) is 0.796. The first kappa shape index (κ1) is 15.6. The molecule has 0 atom stereocenters. The Morgan fingerprint density at radius 2 is 2.09 bits per heavy atom. The molecule has 6 heteroatoms. The van der Waals surface area contributed by atoms with E-state index in [0.717, 1.165) is 38.4 Å². The first-order valence-corrected chi connectivity index (χ1v) is 7.89. The minimum absolute atomic E-state index is 0.159. The van der Waals surface area contributed by atoms with Crippen molar-refractivity contribution in [3.63, 3.8) is 0 Å². The van der Waals surface area contributed by atoms with Gasteiger partial charge in [0.25, 0.3) is 0 Å². The van der Waals surface area contributed by atoms with Crippen LogP contribution in [0.15, 0.2) is 18.3 Å². The number of likely N-dealkylation sites (tertiary alicyclic amines) is 1. The Bertz CT molecular complexity index is 636. The molecule has 6 nitrogen and oxygen atoms in total. The molecule has 0 N–H and O–H groups in total. The van der Waals surface area contributed by atoms with Gasteiger partial charge in [-0.1, -0.05) is 0 Å². The number of rotatable bonds is 1. The van der Waals surface area contributed by atoms with Gasteiger partial charge in [0.15, 0.2) is 0 Å². The van der Waals surface area contributed by atoms with Crippen molar-refractivity contribution >= 4 is 11.9 Å². The van der Waals surface area contributed by atoms with Crippen LogP contribution in [-0.4, -0.2) is 47.8 Å². The van der Waals surface area contributed by atoms with Gasteiger partial charge in [0.1, 0.15) is 17.5 Å². The lowest BCUT2D eigenvalue weighted by Crippen LogP contribution is -2.60. The first-order chi connectivity index (χ1) is 10.8. The third-order valence-electron chi connectivity index (χ3n) is 4.34. The van der Waals surface area contributed by atoms with Gasteiger partial charge in [0.2, 0.25) is 0 Å². The topological polar surface area (TPSA) is 69.5 Å². The van der Waals surface area contributed by atoms with Crippen molar-refractivity contribution in [3.8, 4) is 6.07 Å². The second-order valence-corrected chi connectivity index (χ2v) is 7.52. The highest BCUT2D eigenvalue weighted by Crippen LogP contribution is 2.41. The predicted molar refractivity (Wildman–Crippen MR) is 86.0 cm³/mol. The van der Waals surface area contributed by atoms with Gasteiger partial charge in [0, 0.05) is 37.8 Å². The van der Waals surface area contributed by atoms with Gasteiger partial charge >= 0.3 is 6.09 Å². The SMILES string of the molecule is CC(C)(C)OC(=O)N1CC2(CCN(c3ccc(C#N)cn3)C2)C1. The molecule has 3 heterocycles. The van der Waals surface area contributed by atoms with Crippen LogP contribution in [0.3, 0.4) is 0 Å². The number of carbonyl (C=O) groups excluding carboxylic acids is 1. The number of nitrogens with zero attached hydrogens (tertiary/aromatic N) is 4. The molecule has 0 bridgehead atoms. The molecule has 1 aromatic rings. The van der Waals surface area contributed by atoms with Gasteiger partial charge in [-0.05, 0) is 39.3 Å². The Hall–Kier alpha value is -2.29. The van der Waals surface area contributed by atoms with Crippen LogP contribution in [0.4, 0.5) is 10.6 Å². The zero-order valence-electron chi connectivity index (χ0n) is 13.9. The van der Waals surface area contributed by atoms with E-state index in [9.17, 15) is 4.79 Å². The molecular formula is C17H22N4O2. The van der Waals surface area contributed by atoms with E-state index in [2.05, 4.69) is 16.0 Å². The molecular weight excluding hydrogens is 292 g/mol. The number of pyridine rings is 1. The van der Waals surface area contributed by atoms with Crippen molar-refractivity contribution in [3.05, 3.63) is 23.9 Å². The summed E-state index contributed by atoms with van der Waals surface area (Å²) in [5.74, 6) is 0.900. The summed E-state index contributed by atoms with van der Waals surface area (Å²) in [6, 6.07) is 5.76. The lowest BCUT2D eigenvalue weighted by molar-refractivity contribution is -0.0266. The number of nitriles is 1. The van der Waals surface area contributed by atoms with Gasteiger partial charge in [-0.3, -0.25) is 0 Å². The largest absolute Gasteiger partial charge is 0.444 e. The number of anilines is 1. The standard InChI is InChI=1S/C17H22N4O2/c1-16(2,3)23-15(22)21-11-17(12-21)6-7-20(10-17)14-5-4-13(8-18)9-19-14/h4-5,9H,6-7,10-12H2,1-3H3. The van der Waals surface area contributed by atoms with Crippen LogP contribution in [0.25, 0.3) is 0 Å². The maximum atomic E-state index is 12.1. The molecule has 0 radical (unpaired) electrons. The zero-order valence-corrected chi connectivity index (χ0v) is 13.9. The summed E-state index contributed by atoms with van der Waals surface area (Å²) < 4.78 is 5.41. The number of amides is 1. The van der Waals surface area contributed by atoms with E-state index < -0.39 is 5.60 Å². The van der Waals surface area contributed by atoms with Crippen LogP contribution in [-0.2, 0) is 4.74 Å². The second kappa shape index (κ2) is 5.41. The molecule has 0 unspecified atom stereocenters. The minimum atomic E-state index is -0.450. The summed E-state index contributed by atoms with van der Waals surface area (Å²) in [6.45, 7) is 8.96. The van der Waals surface area contributed by atoms with Gasteiger partial charge in [-0.15, -0.1) is 0 Å². The van der Waals surface area contributed by atoms with Crippen molar-refractivity contribution < 1.29 is 9.53 Å². The molecule has 0 saturated carbocycles. The summed E-state index contributed by atoms with van der Waals surface area (Å²) >= 11 is 0. The van der Waals surface area contributed by atoms with E-state index in [0.29, 0.717) is 5.56 Å². The van der Waals surface area contributed by atoms with Crippen LogP contribution in [0, 0.1) is 16.7 Å². The van der Waals surface area contributed by atoms with Crippen molar-refractivity contribution in [2.45, 2.75) is 32.8 Å². The molecule has 1 aromatic heterocycles. The zero-order chi connectivity index (χ0) is 16.7. The monoisotopic (exact) mass is 314 g/mol. The molecule has 0 aromatic carbocycles. The average Bonchev–Trinajstić information content (AvgIpc) is 2.89. The summed E-state index contributed by atoms with van der Waals surface area (Å²) in [7, 11) is 0. The highest BCUT2D eigenvalue weighted by molar-refractivity contribution is 5.69. The number of carbonyl (C=O) groups is 1. The molecule has 2 saturated heterocycles. The smallest absolute Gasteiger partial charge is 0.410 e. The van der Waals surface area contributed by atoms with E-state index in [1.54, 1.807) is 17.2 Å². The molecule has 122 valence electrons. The molecule has 3 rings (SSSR count). The van der Waals surface area contributed by atoms with Crippen LogP contribution in [0.2, 0.25) is 0 Å². The molecule has 2 aliphatic heterocycles. The van der Waals surface area contributed by atoms with Crippen LogP contribution in [0.5, 0.6) is 0 Å². The maximum Gasteiger partial charge on any atom is 0.410 e.